The zero-order valence-corrected chi connectivity index (χ0v) is 16.3. The highest BCUT2D eigenvalue weighted by atomic mass is 35.5. The van der Waals surface area contributed by atoms with Gasteiger partial charge in [0.1, 0.15) is 0 Å². The van der Waals surface area contributed by atoms with Crippen LogP contribution in [0.2, 0.25) is 10.0 Å². The first-order valence-corrected chi connectivity index (χ1v) is 10.2. The molecular weight excluding hydrogens is 387 g/mol. The molecule has 0 amide bonds. The van der Waals surface area contributed by atoms with Crippen molar-refractivity contribution in [1.29, 1.82) is 0 Å². The van der Waals surface area contributed by atoms with E-state index in [1.165, 1.54) is 0 Å². The normalized spacial score (nSPS) is 12.2. The lowest BCUT2D eigenvalue weighted by Gasteiger charge is -2.11. The Morgan fingerprint density at radius 3 is 1.81 bits per heavy atom. The molecule has 0 atom stereocenters. The Kier molecular flexibility index (Phi) is 5.52. The van der Waals surface area contributed by atoms with E-state index >= 15 is 0 Å². The van der Waals surface area contributed by atoms with Crippen molar-refractivity contribution in [3.05, 3.63) is 99.5 Å². The topological polar surface area (TPSA) is 34.1 Å². The highest BCUT2D eigenvalue weighted by molar-refractivity contribution is 8.00. The molecule has 0 aliphatic rings. The third kappa shape index (κ3) is 4.18. The maximum atomic E-state index is 13.3. The third-order valence-corrected chi connectivity index (χ3v) is 6.25. The van der Waals surface area contributed by atoms with Crippen LogP contribution in [-0.2, 0) is 9.84 Å². The van der Waals surface area contributed by atoms with E-state index in [2.05, 4.69) is 0 Å². The summed E-state index contributed by atoms with van der Waals surface area (Å²) in [6.07, 6.45) is 1.65. The fourth-order valence-electron chi connectivity index (χ4n) is 2.48. The molecule has 0 aliphatic heterocycles. The van der Waals surface area contributed by atoms with E-state index in [0.717, 1.165) is 11.1 Å². The van der Waals surface area contributed by atoms with Crippen LogP contribution < -0.4 is 0 Å². The molecule has 0 saturated carbocycles. The monoisotopic (exact) mass is 402 g/mol. The van der Waals surface area contributed by atoms with Crippen LogP contribution in [0.1, 0.15) is 16.7 Å². The van der Waals surface area contributed by atoms with E-state index in [0.29, 0.717) is 15.6 Å². The molecule has 0 heterocycles. The van der Waals surface area contributed by atoms with Crippen molar-refractivity contribution >= 4 is 44.0 Å². The maximum absolute atomic E-state index is 13.3. The van der Waals surface area contributed by atoms with E-state index in [1.807, 2.05) is 6.92 Å². The number of benzene rings is 3. The van der Waals surface area contributed by atoms with Crippen LogP contribution >= 0.6 is 23.2 Å². The minimum Gasteiger partial charge on any atom is -0.218 e. The summed E-state index contributed by atoms with van der Waals surface area (Å²) in [5.74, 6) is 0. The molecule has 0 aliphatic carbocycles. The van der Waals surface area contributed by atoms with E-state index in [9.17, 15) is 8.42 Å². The number of hydrogen-bond acceptors (Lipinski definition) is 2. The lowest BCUT2D eigenvalue weighted by Crippen LogP contribution is -2.04. The first-order valence-electron chi connectivity index (χ1n) is 7.91. The molecule has 3 aromatic rings. The first-order chi connectivity index (χ1) is 12.4. The van der Waals surface area contributed by atoms with Crippen LogP contribution in [0.3, 0.4) is 0 Å². The minimum atomic E-state index is -3.71. The van der Waals surface area contributed by atoms with Crippen molar-refractivity contribution in [3.63, 3.8) is 0 Å². The molecule has 0 N–H and O–H groups in total. The number of rotatable bonds is 4. The molecule has 0 unspecified atom stereocenters. The summed E-state index contributed by atoms with van der Waals surface area (Å²) in [7, 11) is -3.71. The summed E-state index contributed by atoms with van der Waals surface area (Å²) in [4.78, 5) is 0.457. The van der Waals surface area contributed by atoms with Gasteiger partial charge < -0.3 is 0 Å². The molecule has 0 radical (unpaired) electrons. The van der Waals surface area contributed by atoms with Crippen LogP contribution in [0.15, 0.2) is 77.7 Å². The summed E-state index contributed by atoms with van der Waals surface area (Å²) >= 11 is 11.9. The molecule has 5 heteroatoms. The van der Waals surface area contributed by atoms with Gasteiger partial charge in [-0.15, -0.1) is 0 Å². The lowest BCUT2D eigenvalue weighted by molar-refractivity contribution is 0.606. The average molecular weight is 403 g/mol. The van der Waals surface area contributed by atoms with Gasteiger partial charge >= 0.3 is 0 Å². The predicted molar refractivity (Wildman–Crippen MR) is 109 cm³/mol. The molecule has 0 saturated heterocycles. The van der Waals surface area contributed by atoms with Crippen LogP contribution in [0, 0.1) is 6.92 Å². The second-order valence-corrected chi connectivity index (χ2v) is 8.67. The number of hydrogen-bond donors (Lipinski definition) is 0. The molecule has 0 fully saturated rings. The Labute approximate surface area is 163 Å². The molecule has 0 spiro atoms. The van der Waals surface area contributed by atoms with Gasteiger partial charge in [-0.1, -0.05) is 65.2 Å². The molecule has 3 aromatic carbocycles. The maximum Gasteiger partial charge on any atom is 0.207 e. The minimum absolute atomic E-state index is 0.209. The Bertz CT molecular complexity index is 1030. The number of sulfone groups is 1. The van der Waals surface area contributed by atoms with Gasteiger partial charge in [-0.25, -0.2) is 8.42 Å². The van der Waals surface area contributed by atoms with Gasteiger partial charge in [-0.05, 0) is 60.5 Å². The van der Waals surface area contributed by atoms with E-state index in [1.54, 1.807) is 78.9 Å². The Morgan fingerprint density at radius 1 is 0.769 bits per heavy atom. The highest BCUT2D eigenvalue weighted by Crippen LogP contribution is 2.31. The van der Waals surface area contributed by atoms with Gasteiger partial charge in [0.25, 0.3) is 0 Å². The second-order valence-electron chi connectivity index (χ2n) is 5.88. The van der Waals surface area contributed by atoms with Crippen molar-refractivity contribution in [2.45, 2.75) is 11.8 Å². The fraction of sp³-hybridized carbons (Fsp3) is 0.0476. The Balaban J connectivity index is 2.18. The van der Waals surface area contributed by atoms with Crippen LogP contribution in [0.25, 0.3) is 11.0 Å². The van der Waals surface area contributed by atoms with E-state index in [-0.39, 0.29) is 9.80 Å². The summed E-state index contributed by atoms with van der Waals surface area (Å²) in [5, 5.41) is 1.14. The molecule has 0 bridgehead atoms. The molecular formula is C21H16Cl2O2S. The standard InChI is InChI=1S/C21H16Cl2O2S/c1-15-2-12-20(13-3-15)26(24,25)21(17-6-10-19(23)11-7-17)14-16-4-8-18(22)9-5-16/h2-14H,1H3/b21-14+. The smallest absolute Gasteiger partial charge is 0.207 e. The number of halogens is 2. The van der Waals surface area contributed by atoms with Crippen molar-refractivity contribution in [2.75, 3.05) is 0 Å². The Hall–Kier alpha value is -2.07. The van der Waals surface area contributed by atoms with Crippen LogP contribution in [-0.4, -0.2) is 8.42 Å². The summed E-state index contributed by atoms with van der Waals surface area (Å²) in [5.41, 5.74) is 2.32. The molecule has 2 nitrogen and oxygen atoms in total. The summed E-state index contributed by atoms with van der Waals surface area (Å²) < 4.78 is 26.5. The summed E-state index contributed by atoms with van der Waals surface area (Å²) in [6.45, 7) is 1.92. The zero-order chi connectivity index (χ0) is 18.7. The predicted octanol–water partition coefficient (Wildman–Crippen LogP) is 6.27. The van der Waals surface area contributed by atoms with Crippen LogP contribution in [0.4, 0.5) is 0 Å². The van der Waals surface area contributed by atoms with Gasteiger partial charge in [0.2, 0.25) is 9.84 Å². The van der Waals surface area contributed by atoms with Crippen molar-refractivity contribution in [3.8, 4) is 0 Å². The summed E-state index contributed by atoms with van der Waals surface area (Å²) in [6, 6.07) is 20.6. The van der Waals surface area contributed by atoms with Gasteiger partial charge in [0, 0.05) is 10.0 Å². The first kappa shape index (κ1) is 18.7. The molecule has 0 aromatic heterocycles. The quantitative estimate of drug-likeness (QED) is 0.481. The second kappa shape index (κ2) is 7.67. The Morgan fingerprint density at radius 2 is 1.27 bits per heavy atom. The molecule has 3 rings (SSSR count). The highest BCUT2D eigenvalue weighted by Gasteiger charge is 2.22. The molecule has 132 valence electrons. The van der Waals surface area contributed by atoms with Crippen molar-refractivity contribution in [2.24, 2.45) is 0 Å². The fourth-order valence-corrected chi connectivity index (χ4v) is 4.22. The van der Waals surface area contributed by atoms with Gasteiger partial charge in [0.15, 0.2) is 0 Å². The number of aryl methyl sites for hydroxylation is 1. The van der Waals surface area contributed by atoms with Gasteiger partial charge in [0.05, 0.1) is 9.80 Å². The SMILES string of the molecule is Cc1ccc(S(=O)(=O)/C(=C/c2ccc(Cl)cc2)c2ccc(Cl)cc2)cc1. The van der Waals surface area contributed by atoms with E-state index in [4.69, 9.17) is 23.2 Å². The van der Waals surface area contributed by atoms with Crippen LogP contribution in [0.5, 0.6) is 0 Å². The van der Waals surface area contributed by atoms with E-state index < -0.39 is 9.84 Å². The van der Waals surface area contributed by atoms with Gasteiger partial charge in [-0.3, -0.25) is 0 Å². The largest absolute Gasteiger partial charge is 0.218 e. The molecule has 26 heavy (non-hydrogen) atoms. The third-order valence-electron chi connectivity index (χ3n) is 3.92. The van der Waals surface area contributed by atoms with Crippen molar-refractivity contribution < 1.29 is 8.42 Å². The average Bonchev–Trinajstić information content (AvgIpc) is 2.62. The zero-order valence-electron chi connectivity index (χ0n) is 14.0. The van der Waals surface area contributed by atoms with Crippen molar-refractivity contribution in [1.82, 2.24) is 0 Å². The lowest BCUT2D eigenvalue weighted by atomic mass is 10.1. The van der Waals surface area contributed by atoms with Gasteiger partial charge in [-0.2, -0.15) is 0 Å².